The number of aromatic nitrogens is 3. The summed E-state index contributed by atoms with van der Waals surface area (Å²) < 4.78 is 26.5. The van der Waals surface area contributed by atoms with E-state index >= 15 is 0 Å². The van der Waals surface area contributed by atoms with Crippen molar-refractivity contribution in [1.82, 2.24) is 19.9 Å². The van der Waals surface area contributed by atoms with Crippen LogP contribution in [0.3, 0.4) is 0 Å². The lowest BCUT2D eigenvalue weighted by Gasteiger charge is -2.38. The average molecular weight is 318 g/mol. The van der Waals surface area contributed by atoms with Gasteiger partial charge in [-0.25, -0.2) is 8.78 Å². The molecule has 1 amide bonds. The Labute approximate surface area is 131 Å². The fourth-order valence-electron chi connectivity index (χ4n) is 3.86. The summed E-state index contributed by atoms with van der Waals surface area (Å²) >= 11 is 0. The van der Waals surface area contributed by atoms with Gasteiger partial charge in [-0.05, 0) is 43.9 Å². The summed E-state index contributed by atoms with van der Waals surface area (Å²) in [6.45, 7) is 0. The van der Waals surface area contributed by atoms with Crippen molar-refractivity contribution in [2.45, 2.75) is 43.8 Å². The molecular weight excluding hydrogens is 302 g/mol. The van der Waals surface area contributed by atoms with E-state index in [0.717, 1.165) is 37.8 Å². The van der Waals surface area contributed by atoms with Gasteiger partial charge in [0.25, 0.3) is 5.91 Å². The quantitative estimate of drug-likeness (QED) is 0.855. The number of fused-ring (bicyclic) bond motifs is 2. The standard InChI is InChI=1S/C16H16F2N4O/c17-14-4-1-10(7-15(14)18)16(23)21-11-2-3-12(21)9-13(8-11)22-19-5-6-20-22/h1,4-7,11-13H,2-3,8-9H2. The Kier molecular flexibility index (Phi) is 3.36. The Morgan fingerprint density at radius 1 is 1.00 bits per heavy atom. The second-order valence-corrected chi connectivity index (χ2v) is 6.20. The third-order valence-corrected chi connectivity index (χ3v) is 4.87. The molecule has 0 spiro atoms. The highest BCUT2D eigenvalue weighted by atomic mass is 19.2. The van der Waals surface area contributed by atoms with Gasteiger partial charge in [0.15, 0.2) is 11.6 Å². The van der Waals surface area contributed by atoms with Crippen LogP contribution in [0.15, 0.2) is 30.6 Å². The first-order valence-electron chi connectivity index (χ1n) is 7.77. The van der Waals surface area contributed by atoms with Crippen molar-refractivity contribution in [3.63, 3.8) is 0 Å². The zero-order valence-electron chi connectivity index (χ0n) is 12.4. The lowest BCUT2D eigenvalue weighted by atomic mass is 9.96. The van der Waals surface area contributed by atoms with Crippen LogP contribution in [0.2, 0.25) is 0 Å². The van der Waals surface area contributed by atoms with Gasteiger partial charge in [-0.15, -0.1) is 0 Å². The highest BCUT2D eigenvalue weighted by molar-refractivity contribution is 5.95. The Morgan fingerprint density at radius 3 is 2.26 bits per heavy atom. The lowest BCUT2D eigenvalue weighted by molar-refractivity contribution is 0.0511. The number of piperidine rings is 1. The van der Waals surface area contributed by atoms with Gasteiger partial charge in [0, 0.05) is 17.6 Å². The predicted octanol–water partition coefficient (Wildman–Crippen LogP) is 2.56. The van der Waals surface area contributed by atoms with Gasteiger partial charge >= 0.3 is 0 Å². The summed E-state index contributed by atoms with van der Waals surface area (Å²) in [5, 5.41) is 8.39. The molecule has 7 heteroatoms. The van der Waals surface area contributed by atoms with Crippen molar-refractivity contribution in [2.24, 2.45) is 0 Å². The number of amides is 1. The van der Waals surface area contributed by atoms with Gasteiger partial charge in [0.05, 0.1) is 18.4 Å². The van der Waals surface area contributed by atoms with Crippen LogP contribution in [-0.4, -0.2) is 37.9 Å². The summed E-state index contributed by atoms with van der Waals surface area (Å²) in [7, 11) is 0. The number of carbonyl (C=O) groups excluding carboxylic acids is 1. The lowest BCUT2D eigenvalue weighted by Crippen LogP contribution is -2.47. The van der Waals surface area contributed by atoms with E-state index in [4.69, 9.17) is 0 Å². The Morgan fingerprint density at radius 2 is 1.65 bits per heavy atom. The fourth-order valence-corrected chi connectivity index (χ4v) is 3.86. The Bertz CT molecular complexity index is 720. The van der Waals surface area contributed by atoms with Crippen molar-refractivity contribution in [1.29, 1.82) is 0 Å². The highest BCUT2D eigenvalue weighted by Gasteiger charge is 2.44. The van der Waals surface area contributed by atoms with E-state index in [1.807, 2.05) is 4.90 Å². The number of hydrogen-bond acceptors (Lipinski definition) is 3. The second-order valence-electron chi connectivity index (χ2n) is 6.20. The zero-order valence-corrected chi connectivity index (χ0v) is 12.4. The number of rotatable bonds is 2. The molecular formula is C16H16F2N4O. The molecule has 3 heterocycles. The Balaban J connectivity index is 1.56. The summed E-state index contributed by atoms with van der Waals surface area (Å²) in [4.78, 5) is 16.3. The summed E-state index contributed by atoms with van der Waals surface area (Å²) in [5.74, 6) is -2.14. The minimum absolute atomic E-state index is 0.102. The molecule has 2 aliphatic rings. The molecule has 2 atom stereocenters. The SMILES string of the molecule is O=C(c1ccc(F)c(F)c1)N1C2CCC1CC(n1nccn1)C2. The van der Waals surface area contributed by atoms with E-state index in [1.165, 1.54) is 6.07 Å². The molecule has 2 fully saturated rings. The molecule has 2 bridgehead atoms. The van der Waals surface area contributed by atoms with Crippen molar-refractivity contribution in [2.75, 3.05) is 0 Å². The number of halogens is 2. The molecule has 23 heavy (non-hydrogen) atoms. The predicted molar refractivity (Wildman–Crippen MR) is 77.6 cm³/mol. The maximum atomic E-state index is 13.4. The summed E-state index contributed by atoms with van der Waals surface area (Å²) in [6.07, 6.45) is 6.75. The van der Waals surface area contributed by atoms with Gasteiger partial charge in [-0.3, -0.25) is 4.79 Å². The maximum absolute atomic E-state index is 13.4. The van der Waals surface area contributed by atoms with Crippen molar-refractivity contribution in [3.8, 4) is 0 Å². The van der Waals surface area contributed by atoms with Crippen LogP contribution in [0.5, 0.6) is 0 Å². The monoisotopic (exact) mass is 318 g/mol. The van der Waals surface area contributed by atoms with Gasteiger partial charge < -0.3 is 4.90 Å². The van der Waals surface area contributed by atoms with Crippen LogP contribution in [-0.2, 0) is 0 Å². The molecule has 2 aromatic rings. The van der Waals surface area contributed by atoms with E-state index in [1.54, 1.807) is 17.2 Å². The van der Waals surface area contributed by atoms with Crippen molar-refractivity contribution < 1.29 is 13.6 Å². The number of benzene rings is 1. The minimum atomic E-state index is -0.987. The number of hydrogen-bond donors (Lipinski definition) is 0. The molecule has 1 aromatic heterocycles. The molecule has 2 aliphatic heterocycles. The third-order valence-electron chi connectivity index (χ3n) is 4.87. The molecule has 1 aromatic carbocycles. The number of nitrogens with zero attached hydrogens (tertiary/aromatic N) is 4. The van der Waals surface area contributed by atoms with Crippen LogP contribution in [0.4, 0.5) is 8.78 Å². The molecule has 4 rings (SSSR count). The molecule has 0 aliphatic carbocycles. The van der Waals surface area contributed by atoms with Crippen LogP contribution in [0, 0.1) is 11.6 Å². The summed E-state index contributed by atoms with van der Waals surface area (Å²) in [5.41, 5.74) is 0.205. The molecule has 0 N–H and O–H groups in total. The molecule has 5 nitrogen and oxygen atoms in total. The molecule has 2 unspecified atom stereocenters. The smallest absolute Gasteiger partial charge is 0.254 e. The van der Waals surface area contributed by atoms with Crippen LogP contribution in [0.1, 0.15) is 42.1 Å². The zero-order chi connectivity index (χ0) is 16.0. The van der Waals surface area contributed by atoms with E-state index in [0.29, 0.717) is 0 Å². The van der Waals surface area contributed by atoms with Crippen LogP contribution >= 0.6 is 0 Å². The van der Waals surface area contributed by atoms with Crippen molar-refractivity contribution in [3.05, 3.63) is 47.8 Å². The molecule has 0 saturated carbocycles. The second kappa shape index (κ2) is 5.40. The van der Waals surface area contributed by atoms with Gasteiger partial charge in [0.1, 0.15) is 0 Å². The third kappa shape index (κ3) is 2.40. The minimum Gasteiger partial charge on any atom is -0.333 e. The van der Waals surface area contributed by atoms with E-state index in [-0.39, 0.29) is 29.6 Å². The first kappa shape index (κ1) is 14.3. The molecule has 120 valence electrons. The maximum Gasteiger partial charge on any atom is 0.254 e. The van der Waals surface area contributed by atoms with E-state index in [2.05, 4.69) is 10.2 Å². The normalized spacial score (nSPS) is 26.5. The van der Waals surface area contributed by atoms with Crippen molar-refractivity contribution >= 4 is 5.91 Å². The highest BCUT2D eigenvalue weighted by Crippen LogP contribution is 2.41. The topological polar surface area (TPSA) is 51.0 Å². The van der Waals surface area contributed by atoms with Crippen LogP contribution < -0.4 is 0 Å². The van der Waals surface area contributed by atoms with Gasteiger partial charge in [-0.1, -0.05) is 0 Å². The first-order valence-corrected chi connectivity index (χ1v) is 7.77. The largest absolute Gasteiger partial charge is 0.333 e. The van der Waals surface area contributed by atoms with Gasteiger partial charge in [-0.2, -0.15) is 15.0 Å². The van der Waals surface area contributed by atoms with E-state index < -0.39 is 11.6 Å². The molecule has 0 radical (unpaired) electrons. The summed E-state index contributed by atoms with van der Waals surface area (Å²) in [6, 6.07) is 3.73. The number of carbonyl (C=O) groups is 1. The fraction of sp³-hybridized carbons (Fsp3) is 0.438. The van der Waals surface area contributed by atoms with E-state index in [9.17, 15) is 13.6 Å². The Hall–Kier alpha value is -2.31. The van der Waals surface area contributed by atoms with Crippen LogP contribution in [0.25, 0.3) is 0 Å². The molecule has 2 saturated heterocycles. The average Bonchev–Trinajstić information content (AvgIpc) is 3.16. The van der Waals surface area contributed by atoms with Gasteiger partial charge in [0.2, 0.25) is 0 Å². The first-order chi connectivity index (χ1) is 11.1.